The molecule has 5 rings (SSSR count). The third-order valence-electron chi connectivity index (χ3n) is 7.32. The first-order valence-corrected chi connectivity index (χ1v) is 11.8. The van der Waals surface area contributed by atoms with E-state index in [1.807, 2.05) is 30.3 Å². The molecule has 2 aromatic carbocycles. The number of carbonyl (C=O) groups excluding carboxylic acids is 2. The number of nitrogens with one attached hydrogen (secondary N) is 1. The lowest BCUT2D eigenvalue weighted by molar-refractivity contribution is -0.164. The average Bonchev–Trinajstić information content (AvgIpc) is 3.09. The summed E-state index contributed by atoms with van der Waals surface area (Å²) >= 11 is 4.67. The minimum absolute atomic E-state index is 0.00842. The maximum absolute atomic E-state index is 12.9. The number of amides is 1. The first-order valence-electron chi connectivity index (χ1n) is 11.3. The van der Waals surface area contributed by atoms with Gasteiger partial charge in [0.05, 0.1) is 37.8 Å². The van der Waals surface area contributed by atoms with Crippen molar-refractivity contribution in [3.05, 3.63) is 47.2 Å². The van der Waals surface area contributed by atoms with Gasteiger partial charge in [-0.25, -0.2) is 4.79 Å². The van der Waals surface area contributed by atoms with E-state index < -0.39 is 18.0 Å². The number of β-lactam (4-membered cyclic amide) rings is 1. The topological polar surface area (TPSA) is 99.1 Å². The molecule has 1 saturated carbocycles. The summed E-state index contributed by atoms with van der Waals surface area (Å²) in [6.45, 7) is 1.58. The van der Waals surface area contributed by atoms with Crippen LogP contribution in [-0.4, -0.2) is 52.3 Å². The molecule has 3 N–H and O–H groups in total. The van der Waals surface area contributed by atoms with Crippen LogP contribution in [0.25, 0.3) is 10.8 Å². The van der Waals surface area contributed by atoms with Gasteiger partial charge in [0.25, 0.3) is 0 Å². The van der Waals surface area contributed by atoms with Gasteiger partial charge in [-0.1, -0.05) is 18.6 Å². The lowest BCUT2D eigenvalue weighted by Crippen LogP contribution is -2.64. The molecule has 0 bridgehead atoms. The monoisotopic (exact) mass is 468 g/mol. The molecule has 2 fully saturated rings. The third-order valence-corrected chi connectivity index (χ3v) is 7.68. The Balaban J connectivity index is 1.57. The quantitative estimate of drug-likeness (QED) is 0.306. The standard InChI is InChI=1S/C25H28N2O5S/c1-12(29)19-22-15-6-4-8-17(21(15)23(25(31)32-2)27(22)24(19)30)26-16-7-3-5-14-9-13(11-28)10-18(33)20(14)16/h3,5,7,9-10,12,15,17,19,22,26,28-29,33H,4,6,8,11H2,1-2H3. The maximum Gasteiger partial charge on any atom is 0.354 e. The molecule has 0 radical (unpaired) electrons. The van der Waals surface area contributed by atoms with Crippen molar-refractivity contribution in [1.29, 1.82) is 0 Å². The highest BCUT2D eigenvalue weighted by molar-refractivity contribution is 7.80. The van der Waals surface area contributed by atoms with E-state index in [4.69, 9.17) is 4.74 Å². The van der Waals surface area contributed by atoms with Crippen LogP contribution in [0.4, 0.5) is 5.69 Å². The fourth-order valence-electron chi connectivity index (χ4n) is 5.99. The minimum Gasteiger partial charge on any atom is -0.464 e. The fraction of sp³-hybridized carbons (Fsp3) is 0.440. The number of carbonyl (C=O) groups is 2. The Bertz CT molecular complexity index is 1180. The molecule has 5 unspecified atom stereocenters. The third kappa shape index (κ3) is 3.34. The van der Waals surface area contributed by atoms with Crippen LogP contribution in [0.5, 0.6) is 0 Å². The number of aliphatic hydroxyl groups excluding tert-OH is 2. The van der Waals surface area contributed by atoms with Crippen molar-refractivity contribution in [3.8, 4) is 0 Å². The summed E-state index contributed by atoms with van der Waals surface area (Å²) in [6.07, 6.45) is 1.85. The van der Waals surface area contributed by atoms with Crippen LogP contribution in [0.1, 0.15) is 31.7 Å². The molecule has 8 heteroatoms. The zero-order chi connectivity index (χ0) is 23.4. The van der Waals surface area contributed by atoms with Gasteiger partial charge in [0.15, 0.2) is 0 Å². The number of fused-ring (bicyclic) bond motifs is 4. The number of thiol groups is 1. The predicted octanol–water partition coefficient (Wildman–Crippen LogP) is 2.85. The molecular weight excluding hydrogens is 440 g/mol. The van der Waals surface area contributed by atoms with E-state index in [0.717, 1.165) is 51.8 Å². The second-order valence-corrected chi connectivity index (χ2v) is 9.65. The van der Waals surface area contributed by atoms with Crippen LogP contribution in [0, 0.1) is 11.8 Å². The minimum atomic E-state index is -0.768. The summed E-state index contributed by atoms with van der Waals surface area (Å²) in [6, 6.07) is 9.35. The van der Waals surface area contributed by atoms with Gasteiger partial charge in [-0.3, -0.25) is 4.79 Å². The Kier molecular flexibility index (Phi) is 5.63. The number of esters is 1. The number of aliphatic hydroxyl groups is 2. The summed E-state index contributed by atoms with van der Waals surface area (Å²) < 4.78 is 5.08. The Hall–Kier alpha value is -2.55. The molecule has 0 spiro atoms. The number of nitrogens with zero attached hydrogens (tertiary/aromatic N) is 1. The highest BCUT2D eigenvalue weighted by Crippen LogP contribution is 2.53. The number of hydrogen-bond acceptors (Lipinski definition) is 7. The van der Waals surface area contributed by atoms with E-state index in [1.165, 1.54) is 7.11 Å². The lowest BCUT2D eigenvalue weighted by atomic mass is 9.71. The Morgan fingerprint density at radius 1 is 1.33 bits per heavy atom. The molecular formula is C25H28N2O5S. The molecule has 2 aliphatic heterocycles. The molecule has 1 aliphatic carbocycles. The van der Waals surface area contributed by atoms with Crippen molar-refractivity contribution in [2.24, 2.45) is 11.8 Å². The van der Waals surface area contributed by atoms with Crippen LogP contribution >= 0.6 is 12.6 Å². The lowest BCUT2D eigenvalue weighted by Gasteiger charge is -2.47. The molecule has 1 amide bonds. The molecule has 7 nitrogen and oxygen atoms in total. The normalized spacial score (nSPS) is 27.2. The van der Waals surface area contributed by atoms with Gasteiger partial charge < -0.3 is 25.2 Å². The maximum atomic E-state index is 12.9. The first-order chi connectivity index (χ1) is 15.9. The molecule has 3 aliphatic rings. The first kappa shape index (κ1) is 22.3. The number of benzene rings is 2. The van der Waals surface area contributed by atoms with Crippen molar-refractivity contribution < 1.29 is 24.5 Å². The molecule has 2 heterocycles. The van der Waals surface area contributed by atoms with E-state index in [0.29, 0.717) is 5.70 Å². The number of anilines is 1. The van der Waals surface area contributed by atoms with E-state index in [2.05, 4.69) is 17.9 Å². The molecule has 1 saturated heterocycles. The van der Waals surface area contributed by atoms with Crippen LogP contribution < -0.4 is 5.32 Å². The van der Waals surface area contributed by atoms with Gasteiger partial charge in [-0.2, -0.15) is 0 Å². The summed E-state index contributed by atoms with van der Waals surface area (Å²) in [5.41, 5.74) is 2.91. The highest BCUT2D eigenvalue weighted by atomic mass is 32.1. The zero-order valence-electron chi connectivity index (χ0n) is 18.6. The summed E-state index contributed by atoms with van der Waals surface area (Å²) in [5.74, 6) is -1.21. The van der Waals surface area contributed by atoms with Gasteiger partial charge in [-0.15, -0.1) is 12.6 Å². The number of hydrogen-bond donors (Lipinski definition) is 4. The fourth-order valence-corrected chi connectivity index (χ4v) is 6.40. The van der Waals surface area contributed by atoms with E-state index in [9.17, 15) is 19.8 Å². The SMILES string of the molecule is COC(=O)C1=C2C(Nc3cccc4cc(CO)cc(S)c34)CCCC2C2C(C(C)O)C(=O)N12. The number of ether oxygens (including phenoxy) is 1. The molecule has 33 heavy (non-hydrogen) atoms. The van der Waals surface area contributed by atoms with Gasteiger partial charge in [0.1, 0.15) is 5.70 Å². The van der Waals surface area contributed by atoms with Crippen molar-refractivity contribution in [2.45, 2.75) is 55.9 Å². The van der Waals surface area contributed by atoms with Crippen molar-refractivity contribution in [1.82, 2.24) is 4.90 Å². The van der Waals surface area contributed by atoms with Crippen molar-refractivity contribution >= 4 is 41.0 Å². The number of methoxy groups -OCH3 is 1. The number of rotatable bonds is 5. The van der Waals surface area contributed by atoms with Crippen LogP contribution in [0.3, 0.4) is 0 Å². The van der Waals surface area contributed by atoms with Crippen molar-refractivity contribution in [3.63, 3.8) is 0 Å². The largest absolute Gasteiger partial charge is 0.464 e. The summed E-state index contributed by atoms with van der Waals surface area (Å²) in [5, 5.41) is 25.3. The van der Waals surface area contributed by atoms with Crippen LogP contribution in [0.2, 0.25) is 0 Å². The Morgan fingerprint density at radius 2 is 2.12 bits per heavy atom. The van der Waals surface area contributed by atoms with E-state index in [-0.39, 0.29) is 30.5 Å². The smallest absolute Gasteiger partial charge is 0.354 e. The summed E-state index contributed by atoms with van der Waals surface area (Å²) in [7, 11) is 1.33. The van der Waals surface area contributed by atoms with Crippen LogP contribution in [-0.2, 0) is 20.9 Å². The van der Waals surface area contributed by atoms with Gasteiger partial charge in [0, 0.05) is 21.9 Å². The van der Waals surface area contributed by atoms with Crippen LogP contribution in [0.15, 0.2) is 46.5 Å². The molecule has 0 aromatic heterocycles. The Morgan fingerprint density at radius 3 is 2.82 bits per heavy atom. The zero-order valence-corrected chi connectivity index (χ0v) is 19.5. The molecule has 2 aromatic rings. The second-order valence-electron chi connectivity index (χ2n) is 9.17. The predicted molar refractivity (Wildman–Crippen MR) is 127 cm³/mol. The van der Waals surface area contributed by atoms with Gasteiger partial charge >= 0.3 is 5.97 Å². The van der Waals surface area contributed by atoms with Gasteiger partial charge in [0.2, 0.25) is 5.91 Å². The van der Waals surface area contributed by atoms with Gasteiger partial charge in [-0.05, 0) is 54.5 Å². The highest BCUT2D eigenvalue weighted by Gasteiger charge is 2.62. The molecule has 174 valence electrons. The Labute approximate surface area is 197 Å². The van der Waals surface area contributed by atoms with E-state index in [1.54, 1.807) is 11.8 Å². The summed E-state index contributed by atoms with van der Waals surface area (Å²) in [4.78, 5) is 28.0. The molecule has 5 atom stereocenters. The second kappa shape index (κ2) is 8.34. The average molecular weight is 469 g/mol. The van der Waals surface area contributed by atoms with Crippen molar-refractivity contribution in [2.75, 3.05) is 12.4 Å². The van der Waals surface area contributed by atoms with E-state index >= 15 is 0 Å².